The van der Waals surface area contributed by atoms with Crippen LogP contribution in [0.3, 0.4) is 0 Å². The number of hydrogen-bond donors (Lipinski definition) is 1. The van der Waals surface area contributed by atoms with Crippen molar-refractivity contribution in [2.24, 2.45) is 0 Å². The number of ether oxygens (including phenoxy) is 1. The average molecular weight is 270 g/mol. The van der Waals surface area contributed by atoms with E-state index in [-0.39, 0.29) is 5.82 Å². The van der Waals surface area contributed by atoms with E-state index in [2.05, 4.69) is 5.32 Å². The van der Waals surface area contributed by atoms with Crippen molar-refractivity contribution in [2.45, 2.75) is 19.4 Å². The van der Waals surface area contributed by atoms with E-state index in [1.165, 1.54) is 6.07 Å². The van der Waals surface area contributed by atoms with Crippen molar-refractivity contribution in [2.75, 3.05) is 19.8 Å². The van der Waals surface area contributed by atoms with Crippen molar-refractivity contribution in [3.05, 3.63) is 40.2 Å². The molecule has 0 aromatic heterocycles. The summed E-state index contributed by atoms with van der Waals surface area (Å²) in [5.41, 5.74) is 1.65. The van der Waals surface area contributed by atoms with Crippen LogP contribution in [0.5, 0.6) is 0 Å². The number of nitrogens with one attached hydrogen (secondary N) is 1. The molecule has 1 fully saturated rings. The minimum absolute atomic E-state index is 0.244. The van der Waals surface area contributed by atoms with Crippen LogP contribution in [-0.2, 0) is 4.74 Å². The first kappa shape index (κ1) is 13.5. The first-order valence-electron chi connectivity index (χ1n) is 6.08. The van der Waals surface area contributed by atoms with E-state index in [1.54, 1.807) is 12.1 Å². The summed E-state index contributed by atoms with van der Waals surface area (Å²) in [6.07, 6.45) is 2.70. The maximum atomic E-state index is 13.6. The molecule has 1 heterocycles. The molecular weight excluding hydrogens is 253 g/mol. The van der Waals surface area contributed by atoms with Gasteiger partial charge >= 0.3 is 0 Å². The highest BCUT2D eigenvalue weighted by Gasteiger charge is 2.13. The molecule has 1 N–H and O–H groups in total. The molecule has 0 spiro atoms. The highest BCUT2D eigenvalue weighted by Crippen LogP contribution is 2.19. The minimum Gasteiger partial charge on any atom is -0.379 e. The summed E-state index contributed by atoms with van der Waals surface area (Å²) < 4.78 is 19.0. The monoisotopic (exact) mass is 269 g/mol. The van der Waals surface area contributed by atoms with E-state index < -0.39 is 0 Å². The number of hydrogen-bond acceptors (Lipinski definition) is 2. The first-order valence-corrected chi connectivity index (χ1v) is 6.46. The summed E-state index contributed by atoms with van der Waals surface area (Å²) in [4.78, 5) is 0. The van der Waals surface area contributed by atoms with E-state index in [9.17, 15) is 4.39 Å². The van der Waals surface area contributed by atoms with Crippen molar-refractivity contribution in [1.29, 1.82) is 0 Å². The van der Waals surface area contributed by atoms with Crippen LogP contribution in [0.4, 0.5) is 4.39 Å². The fourth-order valence-corrected chi connectivity index (χ4v) is 2.27. The Morgan fingerprint density at radius 2 is 2.44 bits per heavy atom. The molecule has 0 bridgehead atoms. The van der Waals surface area contributed by atoms with Gasteiger partial charge in [0.15, 0.2) is 0 Å². The number of morpholine rings is 1. The number of benzene rings is 1. The molecule has 4 heteroatoms. The van der Waals surface area contributed by atoms with Gasteiger partial charge in [-0.1, -0.05) is 23.3 Å². The zero-order valence-electron chi connectivity index (χ0n) is 10.4. The highest BCUT2D eigenvalue weighted by molar-refractivity contribution is 6.30. The van der Waals surface area contributed by atoms with Gasteiger partial charge in [-0.05, 0) is 31.5 Å². The fourth-order valence-electron chi connectivity index (χ4n) is 2.09. The molecule has 0 saturated carbocycles. The van der Waals surface area contributed by atoms with Crippen LogP contribution in [-0.4, -0.2) is 25.8 Å². The van der Waals surface area contributed by atoms with Crippen molar-refractivity contribution in [1.82, 2.24) is 5.32 Å². The van der Waals surface area contributed by atoms with Crippen molar-refractivity contribution in [3.63, 3.8) is 0 Å². The molecule has 1 aliphatic rings. The Balaban J connectivity index is 2.04. The van der Waals surface area contributed by atoms with Crippen LogP contribution in [0.15, 0.2) is 23.8 Å². The standard InChI is InChI=1S/C14H17ClFNO/c1-10(7-13-9-18-5-4-17-13)6-11-8-12(15)2-3-14(11)16/h2-3,6,8,13,17H,4-5,7,9H2,1H3/b10-6-. The molecule has 1 unspecified atom stereocenters. The minimum atomic E-state index is -0.244. The van der Waals surface area contributed by atoms with Gasteiger partial charge in [-0.25, -0.2) is 4.39 Å². The first-order chi connectivity index (χ1) is 8.65. The third kappa shape index (κ3) is 3.80. The van der Waals surface area contributed by atoms with Gasteiger partial charge < -0.3 is 10.1 Å². The largest absolute Gasteiger partial charge is 0.379 e. The van der Waals surface area contributed by atoms with Gasteiger partial charge in [0.25, 0.3) is 0 Å². The lowest BCUT2D eigenvalue weighted by Crippen LogP contribution is -2.41. The van der Waals surface area contributed by atoms with Crippen LogP contribution in [0.1, 0.15) is 18.9 Å². The number of halogens is 2. The molecule has 0 amide bonds. The smallest absolute Gasteiger partial charge is 0.130 e. The van der Waals surface area contributed by atoms with Crippen LogP contribution in [0.25, 0.3) is 6.08 Å². The SMILES string of the molecule is C/C(=C/c1cc(Cl)ccc1F)CC1COCCN1. The number of rotatable bonds is 3. The Morgan fingerprint density at radius 3 is 3.17 bits per heavy atom. The summed E-state index contributed by atoms with van der Waals surface area (Å²) in [7, 11) is 0. The molecule has 1 aliphatic heterocycles. The molecule has 2 rings (SSSR count). The Hall–Kier alpha value is -0.900. The molecule has 1 atom stereocenters. The lowest BCUT2D eigenvalue weighted by molar-refractivity contribution is 0.0771. The maximum Gasteiger partial charge on any atom is 0.130 e. The molecule has 1 aromatic carbocycles. The Bertz CT molecular complexity index is 441. The molecular formula is C14H17ClFNO. The summed E-state index contributed by atoms with van der Waals surface area (Å²) in [5.74, 6) is -0.244. The normalized spacial score (nSPS) is 21.1. The van der Waals surface area contributed by atoms with Crippen LogP contribution >= 0.6 is 11.6 Å². The predicted molar refractivity (Wildman–Crippen MR) is 72.3 cm³/mol. The van der Waals surface area contributed by atoms with Crippen molar-refractivity contribution < 1.29 is 9.13 Å². The third-order valence-corrected chi connectivity index (χ3v) is 3.16. The predicted octanol–water partition coefficient (Wildman–Crippen LogP) is 3.26. The lowest BCUT2D eigenvalue weighted by atomic mass is 10.0. The second kappa shape index (κ2) is 6.32. The Morgan fingerprint density at radius 1 is 1.61 bits per heavy atom. The molecule has 98 valence electrons. The quantitative estimate of drug-likeness (QED) is 0.909. The zero-order chi connectivity index (χ0) is 13.0. The molecule has 1 aromatic rings. The summed E-state index contributed by atoms with van der Waals surface area (Å²) in [6, 6.07) is 4.91. The topological polar surface area (TPSA) is 21.3 Å². The fraction of sp³-hybridized carbons (Fsp3) is 0.429. The molecule has 1 saturated heterocycles. The van der Waals surface area contributed by atoms with Crippen LogP contribution < -0.4 is 5.32 Å². The van der Waals surface area contributed by atoms with Gasteiger partial charge in [0.1, 0.15) is 5.82 Å². The van der Waals surface area contributed by atoms with Crippen LogP contribution in [0.2, 0.25) is 5.02 Å². The van der Waals surface area contributed by atoms with E-state index in [0.29, 0.717) is 23.2 Å². The molecule has 18 heavy (non-hydrogen) atoms. The molecule has 2 nitrogen and oxygen atoms in total. The average Bonchev–Trinajstić information content (AvgIpc) is 2.35. The lowest BCUT2D eigenvalue weighted by Gasteiger charge is -2.24. The zero-order valence-corrected chi connectivity index (χ0v) is 11.1. The van der Waals surface area contributed by atoms with E-state index in [4.69, 9.17) is 16.3 Å². The third-order valence-electron chi connectivity index (χ3n) is 2.93. The van der Waals surface area contributed by atoms with Gasteiger partial charge in [-0.3, -0.25) is 0 Å². The summed E-state index contributed by atoms with van der Waals surface area (Å²) >= 11 is 5.86. The Labute approximate surface area is 112 Å². The van der Waals surface area contributed by atoms with Crippen molar-refractivity contribution >= 4 is 17.7 Å². The molecule has 0 aliphatic carbocycles. The second-order valence-electron chi connectivity index (χ2n) is 4.59. The van der Waals surface area contributed by atoms with Gasteiger partial charge in [-0.2, -0.15) is 0 Å². The molecule has 0 radical (unpaired) electrons. The van der Waals surface area contributed by atoms with E-state index in [1.807, 2.05) is 13.0 Å². The Kier molecular flexibility index (Phi) is 4.75. The van der Waals surface area contributed by atoms with Crippen molar-refractivity contribution in [3.8, 4) is 0 Å². The highest BCUT2D eigenvalue weighted by atomic mass is 35.5. The van der Waals surface area contributed by atoms with Gasteiger partial charge in [0, 0.05) is 23.2 Å². The van der Waals surface area contributed by atoms with E-state index in [0.717, 1.165) is 25.1 Å². The second-order valence-corrected chi connectivity index (χ2v) is 5.02. The summed E-state index contributed by atoms with van der Waals surface area (Å²) in [5, 5.41) is 3.93. The van der Waals surface area contributed by atoms with Gasteiger partial charge in [0.05, 0.1) is 13.2 Å². The van der Waals surface area contributed by atoms with E-state index >= 15 is 0 Å². The summed E-state index contributed by atoms with van der Waals surface area (Å²) in [6.45, 7) is 4.35. The van der Waals surface area contributed by atoms with Gasteiger partial charge in [0.2, 0.25) is 0 Å². The van der Waals surface area contributed by atoms with Gasteiger partial charge in [-0.15, -0.1) is 0 Å². The maximum absolute atomic E-state index is 13.6. The van der Waals surface area contributed by atoms with Crippen LogP contribution in [0, 0.1) is 5.82 Å².